The fourth-order valence-corrected chi connectivity index (χ4v) is 14.6. The number of aryl methyl sites for hydroxylation is 2. The highest BCUT2D eigenvalue weighted by molar-refractivity contribution is 7.00. The molecule has 332 valence electrons. The van der Waals surface area contributed by atoms with Crippen LogP contribution in [0.25, 0.3) is 0 Å². The second-order valence-corrected chi connectivity index (χ2v) is 25.4. The van der Waals surface area contributed by atoms with Crippen LogP contribution in [-0.4, -0.2) is 17.8 Å². The lowest BCUT2D eigenvalue weighted by Crippen LogP contribution is -2.65. The van der Waals surface area contributed by atoms with Crippen molar-refractivity contribution in [3.05, 3.63) is 118 Å². The monoisotopic (exact) mass is 848 g/mol. The Balaban J connectivity index is 1.27. The first-order valence-electron chi connectivity index (χ1n) is 25.1. The minimum absolute atomic E-state index is 0.0140. The predicted molar refractivity (Wildman–Crippen MR) is 277 cm³/mol. The second-order valence-electron chi connectivity index (χ2n) is 25.4. The number of hydrogen-bond donors (Lipinski definition) is 0. The quantitative estimate of drug-likeness (QED) is 0.161. The lowest BCUT2D eigenvalue weighted by Gasteiger charge is -2.54. The highest BCUT2D eigenvalue weighted by atomic mass is 15.3. The highest BCUT2D eigenvalue weighted by Crippen LogP contribution is 2.65. The van der Waals surface area contributed by atoms with Crippen LogP contribution in [0.3, 0.4) is 0 Å². The fourth-order valence-electron chi connectivity index (χ4n) is 14.6. The molecule has 64 heavy (non-hydrogen) atoms. The summed E-state index contributed by atoms with van der Waals surface area (Å²) in [5, 5.41) is 0. The maximum absolute atomic E-state index is 2.97. The van der Waals surface area contributed by atoms with E-state index in [0.717, 1.165) is 0 Å². The maximum atomic E-state index is 2.97. The molecule has 4 atom stereocenters. The summed E-state index contributed by atoms with van der Waals surface area (Å²) in [6.45, 7) is 36.8. The van der Waals surface area contributed by atoms with Gasteiger partial charge in [-0.25, -0.2) is 0 Å². The normalized spacial score (nSPS) is 26.6. The van der Waals surface area contributed by atoms with Crippen LogP contribution in [0, 0.1) is 13.8 Å². The van der Waals surface area contributed by atoms with Crippen molar-refractivity contribution in [2.75, 3.05) is 14.7 Å². The summed E-state index contributed by atoms with van der Waals surface area (Å²) in [6.07, 6.45) is 9.92. The van der Waals surface area contributed by atoms with Gasteiger partial charge in [0.1, 0.15) is 0 Å². The van der Waals surface area contributed by atoms with Crippen LogP contribution < -0.4 is 31.1 Å². The fraction of sp³-hybridized carbons (Fsp3) is 0.500. The number of hydrogen-bond acceptors (Lipinski definition) is 3. The van der Waals surface area contributed by atoms with Crippen molar-refractivity contribution in [2.45, 2.75) is 193 Å². The summed E-state index contributed by atoms with van der Waals surface area (Å²) in [4.78, 5) is 8.52. The topological polar surface area (TPSA) is 9.72 Å². The molecule has 3 nitrogen and oxygen atoms in total. The third kappa shape index (κ3) is 5.35. The van der Waals surface area contributed by atoms with Crippen LogP contribution in [0.4, 0.5) is 39.8 Å². The molecule has 0 N–H and O–H groups in total. The molecule has 0 spiro atoms. The number of nitrogens with zero attached hydrogens (tertiary/aromatic N) is 3. The Bertz CT molecular complexity index is 2790. The van der Waals surface area contributed by atoms with Crippen LogP contribution in [0.1, 0.15) is 180 Å². The zero-order chi connectivity index (χ0) is 45.5. The summed E-state index contributed by atoms with van der Waals surface area (Å²) in [5.74, 6) is 0. The van der Waals surface area contributed by atoms with Crippen molar-refractivity contribution < 1.29 is 0 Å². The lowest BCUT2D eigenvalue weighted by molar-refractivity contribution is 0.193. The minimum Gasteiger partial charge on any atom is -0.335 e. The Morgan fingerprint density at radius 2 is 1.00 bits per heavy atom. The van der Waals surface area contributed by atoms with Gasteiger partial charge >= 0.3 is 0 Å². The SMILES string of the molecule is Cc1cc(C)c2c3c1B1c4cc(C(C)(C)C)ccc4N(c4ccc(C(C)(C)C)cc4)c4cc(N5c6ccc(C(C)(C)C)cc6C6(C)CCCCC56C)cc(c41)N3C1(C)CCCCC21C. The average Bonchev–Trinajstić information content (AvgIpc) is 3.57. The zero-order valence-electron chi connectivity index (χ0n) is 42.1. The second kappa shape index (κ2) is 13.1. The van der Waals surface area contributed by atoms with Gasteiger partial charge in [-0.05, 0) is 156 Å². The molecule has 0 bridgehead atoms. The summed E-state index contributed by atoms with van der Waals surface area (Å²) >= 11 is 0. The predicted octanol–water partition coefficient (Wildman–Crippen LogP) is 14.3. The third-order valence-electron chi connectivity index (χ3n) is 18.6. The summed E-state index contributed by atoms with van der Waals surface area (Å²) in [6, 6.07) is 32.7. The molecule has 6 aliphatic rings. The van der Waals surface area contributed by atoms with Crippen LogP contribution in [-0.2, 0) is 27.1 Å². The molecule has 0 aromatic heterocycles. The van der Waals surface area contributed by atoms with E-state index in [4.69, 9.17) is 0 Å². The van der Waals surface area contributed by atoms with E-state index in [2.05, 4.69) is 197 Å². The summed E-state index contributed by atoms with van der Waals surface area (Å²) in [5.41, 5.74) is 24.5. The van der Waals surface area contributed by atoms with Gasteiger partial charge < -0.3 is 14.7 Å². The Kier molecular flexibility index (Phi) is 8.66. The summed E-state index contributed by atoms with van der Waals surface area (Å²) in [7, 11) is 0. The zero-order valence-corrected chi connectivity index (χ0v) is 42.1. The molecular formula is C60H74BN3. The van der Waals surface area contributed by atoms with Gasteiger partial charge in [-0.1, -0.05) is 150 Å². The van der Waals surface area contributed by atoms with Crippen LogP contribution in [0.15, 0.2) is 78.9 Å². The van der Waals surface area contributed by atoms with Gasteiger partial charge in [-0.15, -0.1) is 0 Å². The number of benzene rings is 5. The van der Waals surface area contributed by atoms with Crippen LogP contribution in [0.2, 0.25) is 0 Å². The van der Waals surface area contributed by atoms with Crippen molar-refractivity contribution >= 4 is 62.9 Å². The van der Waals surface area contributed by atoms with Crippen molar-refractivity contribution in [3.63, 3.8) is 0 Å². The standard InChI is InChI=1S/C60H74BN3/c1-37-32-38(2)51-53-50(37)58(13)29-17-19-31-60(58,15)64(53)49-36-43(63-46-26-22-40(55(6,7)8)33-44(46)57(12)28-16-18-30-59(57,63)14)35-48-52(49)61(51)45-34-41(56(9,10)11)23-27-47(45)62(48)42-24-20-39(21-25-42)54(3,4)5/h20-27,32-36H,16-19,28-31H2,1-15H3. The molecule has 0 amide bonds. The molecule has 4 heterocycles. The molecular weight excluding hydrogens is 773 g/mol. The number of fused-ring (bicyclic) bond motifs is 10. The van der Waals surface area contributed by atoms with E-state index in [9.17, 15) is 0 Å². The Morgan fingerprint density at radius 1 is 0.469 bits per heavy atom. The van der Waals surface area contributed by atoms with E-state index in [1.165, 1.54) is 130 Å². The van der Waals surface area contributed by atoms with E-state index in [0.29, 0.717) is 0 Å². The molecule has 4 aliphatic heterocycles. The van der Waals surface area contributed by atoms with Gasteiger partial charge in [0.15, 0.2) is 0 Å². The molecule has 2 fully saturated rings. The number of rotatable bonds is 2. The van der Waals surface area contributed by atoms with E-state index in [-0.39, 0.29) is 44.9 Å². The average molecular weight is 848 g/mol. The molecule has 0 saturated heterocycles. The van der Waals surface area contributed by atoms with E-state index < -0.39 is 0 Å². The first-order chi connectivity index (χ1) is 29.9. The van der Waals surface area contributed by atoms with Gasteiger partial charge in [-0.3, -0.25) is 0 Å². The van der Waals surface area contributed by atoms with Gasteiger partial charge in [-0.2, -0.15) is 0 Å². The molecule has 11 rings (SSSR count). The van der Waals surface area contributed by atoms with Crippen LogP contribution >= 0.6 is 0 Å². The van der Waals surface area contributed by atoms with E-state index >= 15 is 0 Å². The van der Waals surface area contributed by atoms with E-state index in [1.54, 1.807) is 16.6 Å². The van der Waals surface area contributed by atoms with Gasteiger partial charge in [0.2, 0.25) is 0 Å². The van der Waals surface area contributed by atoms with Crippen molar-refractivity contribution in [1.82, 2.24) is 0 Å². The van der Waals surface area contributed by atoms with Gasteiger partial charge in [0.05, 0.1) is 11.1 Å². The molecule has 5 aromatic carbocycles. The molecule has 4 heteroatoms. The number of anilines is 7. The van der Waals surface area contributed by atoms with Crippen molar-refractivity contribution in [2.24, 2.45) is 0 Å². The first kappa shape index (κ1) is 42.2. The minimum atomic E-state index is -0.0724. The molecule has 5 aromatic rings. The Labute approximate surface area is 387 Å². The molecule has 2 aliphatic carbocycles. The van der Waals surface area contributed by atoms with Crippen LogP contribution in [0.5, 0.6) is 0 Å². The summed E-state index contributed by atoms with van der Waals surface area (Å²) < 4.78 is 0. The molecule has 2 saturated carbocycles. The lowest BCUT2D eigenvalue weighted by atomic mass is 9.32. The molecule has 0 radical (unpaired) electrons. The maximum Gasteiger partial charge on any atom is 0.252 e. The highest BCUT2D eigenvalue weighted by Gasteiger charge is 2.63. The largest absolute Gasteiger partial charge is 0.335 e. The smallest absolute Gasteiger partial charge is 0.252 e. The van der Waals surface area contributed by atoms with E-state index in [1.807, 2.05) is 0 Å². The first-order valence-corrected chi connectivity index (χ1v) is 25.1. The Morgan fingerprint density at radius 3 is 1.62 bits per heavy atom. The van der Waals surface area contributed by atoms with Crippen molar-refractivity contribution in [3.8, 4) is 0 Å². The Hall–Kier alpha value is -4.44. The van der Waals surface area contributed by atoms with Gasteiger partial charge in [0, 0.05) is 50.6 Å². The third-order valence-corrected chi connectivity index (χ3v) is 18.6. The molecule has 4 unspecified atom stereocenters. The van der Waals surface area contributed by atoms with Crippen molar-refractivity contribution in [1.29, 1.82) is 0 Å². The van der Waals surface area contributed by atoms with Gasteiger partial charge in [0.25, 0.3) is 6.71 Å².